The number of carbonyl (C=O) groups excluding carboxylic acids is 1. The molecule has 6 nitrogen and oxygen atoms in total. The first-order chi connectivity index (χ1) is 15.1. The van der Waals surface area contributed by atoms with Crippen LogP contribution in [-0.2, 0) is 11.3 Å². The van der Waals surface area contributed by atoms with Gasteiger partial charge in [0.05, 0.1) is 5.52 Å². The molecule has 156 valence electrons. The van der Waals surface area contributed by atoms with Gasteiger partial charge in [0, 0.05) is 36.1 Å². The molecular formula is C25H22N2O4. The highest BCUT2D eigenvalue weighted by atomic mass is 16.5. The summed E-state index contributed by atoms with van der Waals surface area (Å²) in [5, 5.41) is 3.04. The molecule has 2 heterocycles. The molecule has 0 saturated heterocycles. The van der Waals surface area contributed by atoms with Crippen LogP contribution in [0.15, 0.2) is 82.0 Å². The van der Waals surface area contributed by atoms with E-state index in [-0.39, 0.29) is 17.9 Å². The van der Waals surface area contributed by atoms with Crippen LogP contribution >= 0.6 is 0 Å². The minimum absolute atomic E-state index is 0.0788. The number of para-hydroxylation sites is 4. The maximum absolute atomic E-state index is 13.0. The normalized spacial score (nSPS) is 13.8. The number of oxazole rings is 1. The molecule has 0 unspecified atom stereocenters. The summed E-state index contributed by atoms with van der Waals surface area (Å²) in [5.74, 6) is 0.970. The van der Waals surface area contributed by atoms with E-state index in [1.165, 1.54) is 0 Å². The predicted octanol–water partition coefficient (Wildman–Crippen LogP) is 4.43. The number of hydrogen-bond acceptors (Lipinski definition) is 4. The molecule has 1 aromatic heterocycles. The standard InChI is InChI=1S/C25H22N2O4/c1-16(15-27-20-10-4-7-13-23(20)31-25(27)29)26-24(28)14-19-17-8-2-5-11-21(17)30-22-12-6-3-9-18(19)22/h2-13,16,19H,14-15H2,1H3,(H,26,28)/t16-/m1/s1. The molecule has 1 amide bonds. The Morgan fingerprint density at radius 1 is 0.968 bits per heavy atom. The summed E-state index contributed by atoms with van der Waals surface area (Å²) < 4.78 is 12.9. The Hall–Kier alpha value is -3.80. The van der Waals surface area contributed by atoms with Gasteiger partial charge in [-0.05, 0) is 31.2 Å². The second kappa shape index (κ2) is 7.80. The number of fused-ring (bicyclic) bond motifs is 3. The molecule has 31 heavy (non-hydrogen) atoms. The van der Waals surface area contributed by atoms with E-state index >= 15 is 0 Å². The molecule has 1 N–H and O–H groups in total. The number of ether oxygens (including phenoxy) is 1. The van der Waals surface area contributed by atoms with Crippen molar-refractivity contribution in [1.29, 1.82) is 0 Å². The average molecular weight is 414 g/mol. The van der Waals surface area contributed by atoms with Crippen molar-refractivity contribution in [2.45, 2.75) is 31.8 Å². The molecule has 1 atom stereocenters. The fraction of sp³-hybridized carbons (Fsp3) is 0.200. The maximum atomic E-state index is 13.0. The minimum Gasteiger partial charge on any atom is -0.457 e. The molecule has 0 radical (unpaired) electrons. The number of benzene rings is 3. The van der Waals surface area contributed by atoms with Crippen molar-refractivity contribution in [1.82, 2.24) is 9.88 Å². The first-order valence-corrected chi connectivity index (χ1v) is 10.3. The molecular weight excluding hydrogens is 392 g/mol. The summed E-state index contributed by atoms with van der Waals surface area (Å²) >= 11 is 0. The second-order valence-electron chi connectivity index (χ2n) is 7.85. The summed E-state index contributed by atoms with van der Waals surface area (Å²) in [6.45, 7) is 2.22. The van der Waals surface area contributed by atoms with Gasteiger partial charge in [-0.1, -0.05) is 48.5 Å². The minimum atomic E-state index is -0.422. The molecule has 1 aliphatic rings. The largest absolute Gasteiger partial charge is 0.457 e. The van der Waals surface area contributed by atoms with Crippen molar-refractivity contribution in [3.05, 3.63) is 94.5 Å². The summed E-state index contributed by atoms with van der Waals surface area (Å²) in [6.07, 6.45) is 0.294. The van der Waals surface area contributed by atoms with Gasteiger partial charge in [-0.25, -0.2) is 4.79 Å². The Labute approximate surface area is 179 Å². The average Bonchev–Trinajstić information content (AvgIpc) is 3.08. The van der Waals surface area contributed by atoms with Crippen LogP contribution in [0.4, 0.5) is 0 Å². The van der Waals surface area contributed by atoms with Crippen molar-refractivity contribution in [2.75, 3.05) is 0 Å². The lowest BCUT2D eigenvalue weighted by Crippen LogP contribution is -2.38. The highest BCUT2D eigenvalue weighted by Crippen LogP contribution is 2.45. The molecule has 0 aliphatic carbocycles. The highest BCUT2D eigenvalue weighted by molar-refractivity contribution is 5.79. The van der Waals surface area contributed by atoms with Crippen molar-refractivity contribution in [3.63, 3.8) is 0 Å². The van der Waals surface area contributed by atoms with Gasteiger partial charge in [0.25, 0.3) is 0 Å². The van der Waals surface area contributed by atoms with Gasteiger partial charge < -0.3 is 14.5 Å². The van der Waals surface area contributed by atoms with E-state index in [0.29, 0.717) is 18.5 Å². The smallest absolute Gasteiger partial charge is 0.420 e. The topological polar surface area (TPSA) is 73.5 Å². The van der Waals surface area contributed by atoms with Crippen LogP contribution in [0.3, 0.4) is 0 Å². The van der Waals surface area contributed by atoms with E-state index in [2.05, 4.69) is 5.32 Å². The molecule has 0 spiro atoms. The van der Waals surface area contributed by atoms with Crippen LogP contribution in [-0.4, -0.2) is 16.5 Å². The number of carbonyl (C=O) groups is 1. The Morgan fingerprint density at radius 2 is 1.58 bits per heavy atom. The van der Waals surface area contributed by atoms with E-state index < -0.39 is 5.76 Å². The first-order valence-electron chi connectivity index (χ1n) is 10.3. The first kappa shape index (κ1) is 19.2. The van der Waals surface area contributed by atoms with Crippen LogP contribution in [0, 0.1) is 0 Å². The molecule has 3 aromatic carbocycles. The summed E-state index contributed by atoms with van der Waals surface area (Å²) in [7, 11) is 0. The molecule has 0 saturated carbocycles. The van der Waals surface area contributed by atoms with E-state index in [0.717, 1.165) is 28.1 Å². The zero-order valence-electron chi connectivity index (χ0n) is 17.1. The van der Waals surface area contributed by atoms with Crippen LogP contribution in [0.25, 0.3) is 11.1 Å². The van der Waals surface area contributed by atoms with Crippen molar-refractivity contribution in [3.8, 4) is 11.5 Å². The molecule has 5 rings (SSSR count). The fourth-order valence-corrected chi connectivity index (χ4v) is 4.25. The molecule has 4 aromatic rings. The quantitative estimate of drug-likeness (QED) is 0.524. The SMILES string of the molecule is C[C@H](Cn1c(=O)oc2ccccc21)NC(=O)CC1c2ccccc2Oc2ccccc21. The van der Waals surface area contributed by atoms with Crippen LogP contribution < -0.4 is 15.8 Å². The zero-order valence-corrected chi connectivity index (χ0v) is 17.1. The summed E-state index contributed by atoms with van der Waals surface area (Å²) in [5.41, 5.74) is 3.27. The van der Waals surface area contributed by atoms with Gasteiger partial charge >= 0.3 is 5.76 Å². The fourth-order valence-electron chi connectivity index (χ4n) is 4.25. The summed E-state index contributed by atoms with van der Waals surface area (Å²) in [4.78, 5) is 25.2. The van der Waals surface area contributed by atoms with Gasteiger partial charge in [0.15, 0.2) is 5.58 Å². The highest BCUT2D eigenvalue weighted by Gasteiger charge is 2.29. The monoisotopic (exact) mass is 414 g/mol. The number of hydrogen-bond donors (Lipinski definition) is 1. The number of aromatic nitrogens is 1. The van der Waals surface area contributed by atoms with Crippen molar-refractivity contribution < 1.29 is 13.9 Å². The molecule has 0 bridgehead atoms. The van der Waals surface area contributed by atoms with E-state index in [9.17, 15) is 9.59 Å². The zero-order chi connectivity index (χ0) is 21.4. The van der Waals surface area contributed by atoms with Crippen LogP contribution in [0.1, 0.15) is 30.4 Å². The Kier molecular flexibility index (Phi) is 4.82. The Balaban J connectivity index is 1.34. The summed E-state index contributed by atoms with van der Waals surface area (Å²) in [6, 6.07) is 22.7. The molecule has 0 fully saturated rings. The van der Waals surface area contributed by atoms with Crippen LogP contribution in [0.5, 0.6) is 11.5 Å². The van der Waals surface area contributed by atoms with Crippen molar-refractivity contribution >= 4 is 17.0 Å². The number of rotatable bonds is 5. The van der Waals surface area contributed by atoms with E-state index in [1.54, 1.807) is 10.6 Å². The Bertz CT molecular complexity index is 1270. The van der Waals surface area contributed by atoms with E-state index in [1.807, 2.05) is 73.7 Å². The maximum Gasteiger partial charge on any atom is 0.420 e. The van der Waals surface area contributed by atoms with E-state index in [4.69, 9.17) is 9.15 Å². The van der Waals surface area contributed by atoms with Gasteiger partial charge in [-0.2, -0.15) is 0 Å². The lowest BCUT2D eigenvalue weighted by molar-refractivity contribution is -0.122. The number of nitrogens with one attached hydrogen (secondary N) is 1. The number of nitrogens with zero attached hydrogens (tertiary/aromatic N) is 1. The van der Waals surface area contributed by atoms with Crippen molar-refractivity contribution in [2.24, 2.45) is 0 Å². The third kappa shape index (κ3) is 3.61. The Morgan fingerprint density at radius 3 is 2.29 bits per heavy atom. The van der Waals surface area contributed by atoms with Crippen LogP contribution in [0.2, 0.25) is 0 Å². The van der Waals surface area contributed by atoms with Gasteiger partial charge in [-0.3, -0.25) is 9.36 Å². The molecule has 6 heteroatoms. The molecule has 1 aliphatic heterocycles. The lowest BCUT2D eigenvalue weighted by Gasteiger charge is -2.28. The second-order valence-corrected chi connectivity index (χ2v) is 7.85. The predicted molar refractivity (Wildman–Crippen MR) is 117 cm³/mol. The van der Waals surface area contributed by atoms with Gasteiger partial charge in [0.2, 0.25) is 5.91 Å². The lowest BCUT2D eigenvalue weighted by atomic mass is 9.85. The van der Waals surface area contributed by atoms with Gasteiger partial charge in [0.1, 0.15) is 11.5 Å². The third-order valence-electron chi connectivity index (χ3n) is 5.64. The number of amides is 1. The van der Waals surface area contributed by atoms with Gasteiger partial charge in [-0.15, -0.1) is 0 Å². The third-order valence-corrected chi connectivity index (χ3v) is 5.64.